The van der Waals surface area contributed by atoms with Gasteiger partial charge < -0.3 is 22.6 Å². The Kier molecular flexibility index (Phi) is 8.13. The second-order valence-corrected chi connectivity index (χ2v) is 22.8. The molecule has 0 N–H and O–H groups in total. The molecule has 6 heteroatoms. The first kappa shape index (κ1) is 39.5. The molecule has 0 bridgehead atoms. The molecule has 16 rings (SSSR count). The van der Waals surface area contributed by atoms with E-state index in [1.165, 1.54) is 31.5 Å². The van der Waals surface area contributed by atoms with Crippen molar-refractivity contribution in [2.24, 2.45) is 0 Å². The summed E-state index contributed by atoms with van der Waals surface area (Å²) in [4.78, 5) is 0. The largest absolute Gasteiger partial charge is 0.458 e. The Balaban J connectivity index is 0.997. The summed E-state index contributed by atoms with van der Waals surface area (Å²) in [5.41, 5.74) is 12.9. The zero-order valence-electron chi connectivity index (χ0n) is 38.6. The molecule has 11 aromatic carbocycles. The number of furan rings is 3. The minimum atomic E-state index is -3.38. The number of hydrogen-bond acceptors (Lipinski definition) is 4. The molecule has 5 nitrogen and oxygen atoms in total. The van der Waals surface area contributed by atoms with Crippen molar-refractivity contribution in [3.05, 3.63) is 237 Å². The fraction of sp³-hybridized carbons (Fsp3) is 0. The van der Waals surface area contributed by atoms with Gasteiger partial charge in [0.15, 0.2) is 13.7 Å². The zero-order chi connectivity index (χ0) is 47.1. The van der Waals surface area contributed by atoms with Crippen molar-refractivity contribution >= 4 is 116 Å². The van der Waals surface area contributed by atoms with Crippen LogP contribution in [0, 0.1) is 0 Å². The number of fused-ring (bicyclic) bond motifs is 14. The molecule has 0 aliphatic carbocycles. The fourth-order valence-corrected chi connectivity index (χ4v) is 17.2. The fourth-order valence-electron chi connectivity index (χ4n) is 12.2. The number of para-hydroxylation sites is 6. The van der Waals surface area contributed by atoms with Crippen LogP contribution in [0.3, 0.4) is 0 Å². The van der Waals surface area contributed by atoms with Gasteiger partial charge in [-0.25, -0.2) is 0 Å². The maximum absolute atomic E-state index is 7.23. The van der Waals surface area contributed by atoms with Crippen molar-refractivity contribution < 1.29 is 18.0 Å². The van der Waals surface area contributed by atoms with Gasteiger partial charge in [0.25, 0.3) is 0 Å². The molecule has 0 fully saturated rings. The van der Waals surface area contributed by atoms with Crippen LogP contribution in [-0.4, -0.2) is 12.6 Å². The SMILES string of the molecule is c1cc(-c2ccc3c(c2)Oc2ccccc2[Si]3(c2ccc3oc4ccccc4c3c2)c2cc(-n3c4ccccc4c4ccccc43)c3oc4ccccc4c3c2)cc(-c2cccc3oc4ccccc4c23)c1. The molecule has 1 unspecified atom stereocenters. The van der Waals surface area contributed by atoms with Crippen LogP contribution in [0.25, 0.3) is 116 Å². The quantitative estimate of drug-likeness (QED) is 0.161. The third-order valence-electron chi connectivity index (χ3n) is 15.3. The van der Waals surface area contributed by atoms with Gasteiger partial charge in [0.05, 0.1) is 16.7 Å². The standard InChI is InChI=1S/C66H39NO4Si/c1-6-23-53-46(17-1)47-18-2-7-24-54(47)67(53)55-39-44(38-52-49-20-4-9-26-57(49)71-66(52)55)72(43-32-33-59-51(37-43)48-19-3-8-25-56(48)68-59)63-30-12-11-28-60(63)70-62-36-41(31-34-64(62)72)40-15-13-16-42(35-40)45-22-14-29-61-65(45)50-21-5-10-27-58(50)69-61/h1-39H. The molecule has 15 aromatic rings. The average Bonchev–Trinajstić information content (AvgIpc) is 4.21. The normalized spacial score (nSPS) is 14.6. The summed E-state index contributed by atoms with van der Waals surface area (Å²) >= 11 is 0. The molecular formula is C66H39NO4Si. The Hall–Kier alpha value is -9.36. The van der Waals surface area contributed by atoms with Crippen molar-refractivity contribution in [1.82, 2.24) is 4.57 Å². The smallest absolute Gasteiger partial charge is 0.188 e. The van der Waals surface area contributed by atoms with Gasteiger partial charge in [-0.05, 0) is 116 Å². The molecule has 0 spiro atoms. The number of hydrogen-bond donors (Lipinski definition) is 0. The number of nitrogens with zero attached hydrogens (tertiary/aromatic N) is 1. The monoisotopic (exact) mass is 937 g/mol. The van der Waals surface area contributed by atoms with E-state index < -0.39 is 8.07 Å². The molecule has 336 valence electrons. The van der Waals surface area contributed by atoms with E-state index in [9.17, 15) is 0 Å². The summed E-state index contributed by atoms with van der Waals surface area (Å²) in [6.45, 7) is 0. The second kappa shape index (κ2) is 14.8. The predicted octanol–water partition coefficient (Wildman–Crippen LogP) is 15.3. The summed E-state index contributed by atoms with van der Waals surface area (Å²) in [6, 6.07) is 85.2. The first-order valence-corrected chi connectivity index (χ1v) is 26.5. The third kappa shape index (κ3) is 5.47. The van der Waals surface area contributed by atoms with Crippen molar-refractivity contribution in [2.45, 2.75) is 0 Å². The van der Waals surface area contributed by atoms with E-state index in [0.717, 1.165) is 116 Å². The topological polar surface area (TPSA) is 53.6 Å². The van der Waals surface area contributed by atoms with Gasteiger partial charge in [-0.15, -0.1) is 0 Å². The molecule has 0 amide bonds. The van der Waals surface area contributed by atoms with Crippen molar-refractivity contribution in [2.75, 3.05) is 0 Å². The number of ether oxygens (including phenoxy) is 1. The van der Waals surface area contributed by atoms with Gasteiger partial charge in [-0.1, -0.05) is 164 Å². The van der Waals surface area contributed by atoms with E-state index in [1.807, 2.05) is 18.2 Å². The van der Waals surface area contributed by atoms with E-state index in [4.69, 9.17) is 18.0 Å². The van der Waals surface area contributed by atoms with Gasteiger partial charge in [-0.2, -0.15) is 0 Å². The number of rotatable bonds is 5. The molecule has 1 atom stereocenters. The summed E-state index contributed by atoms with van der Waals surface area (Å²) in [6.07, 6.45) is 0. The minimum Gasteiger partial charge on any atom is -0.458 e. The molecule has 0 radical (unpaired) electrons. The van der Waals surface area contributed by atoms with Crippen LogP contribution >= 0.6 is 0 Å². The van der Waals surface area contributed by atoms with Crippen LogP contribution in [0.1, 0.15) is 0 Å². The molecule has 4 aromatic heterocycles. The van der Waals surface area contributed by atoms with Gasteiger partial charge in [0.1, 0.15) is 39.4 Å². The Bertz CT molecular complexity index is 4710. The predicted molar refractivity (Wildman–Crippen MR) is 297 cm³/mol. The lowest BCUT2D eigenvalue weighted by atomic mass is 9.96. The third-order valence-corrected chi connectivity index (χ3v) is 20.1. The lowest BCUT2D eigenvalue weighted by Crippen LogP contribution is -2.76. The highest BCUT2D eigenvalue weighted by atomic mass is 28.3. The van der Waals surface area contributed by atoms with Crippen LogP contribution in [0.2, 0.25) is 0 Å². The van der Waals surface area contributed by atoms with Crippen molar-refractivity contribution in [1.29, 1.82) is 0 Å². The lowest BCUT2D eigenvalue weighted by molar-refractivity contribution is 0.487. The average molecular weight is 938 g/mol. The van der Waals surface area contributed by atoms with E-state index in [2.05, 4.69) is 223 Å². The molecule has 0 saturated carbocycles. The molecule has 72 heavy (non-hydrogen) atoms. The van der Waals surface area contributed by atoms with E-state index in [0.29, 0.717) is 0 Å². The van der Waals surface area contributed by atoms with E-state index in [-0.39, 0.29) is 0 Å². The summed E-state index contributed by atoms with van der Waals surface area (Å²) < 4.78 is 29.5. The summed E-state index contributed by atoms with van der Waals surface area (Å²) in [5, 5.41) is 13.8. The first-order valence-electron chi connectivity index (χ1n) is 24.5. The maximum atomic E-state index is 7.23. The van der Waals surface area contributed by atoms with Crippen molar-refractivity contribution in [3.8, 4) is 39.4 Å². The minimum absolute atomic E-state index is 0.846. The van der Waals surface area contributed by atoms with Crippen LogP contribution in [0.5, 0.6) is 11.5 Å². The summed E-state index contributed by atoms with van der Waals surface area (Å²) in [5.74, 6) is 1.70. The van der Waals surface area contributed by atoms with Crippen molar-refractivity contribution in [3.63, 3.8) is 0 Å². The zero-order valence-corrected chi connectivity index (χ0v) is 39.6. The van der Waals surface area contributed by atoms with Gasteiger partial charge in [-0.3, -0.25) is 0 Å². The Labute approximate surface area is 413 Å². The number of benzene rings is 11. The Morgan fingerprint density at radius 1 is 0.319 bits per heavy atom. The maximum Gasteiger partial charge on any atom is 0.188 e. The van der Waals surface area contributed by atoms with E-state index in [1.54, 1.807) is 0 Å². The summed E-state index contributed by atoms with van der Waals surface area (Å²) in [7, 11) is -3.38. The molecule has 1 aliphatic heterocycles. The van der Waals surface area contributed by atoms with Gasteiger partial charge in [0, 0.05) is 43.1 Å². The highest BCUT2D eigenvalue weighted by Gasteiger charge is 2.49. The Morgan fingerprint density at radius 2 is 0.889 bits per heavy atom. The highest BCUT2D eigenvalue weighted by molar-refractivity contribution is 7.21. The van der Waals surface area contributed by atoms with Crippen LogP contribution < -0.4 is 25.5 Å². The number of aromatic nitrogens is 1. The molecular weight excluding hydrogens is 899 g/mol. The van der Waals surface area contributed by atoms with Gasteiger partial charge >= 0.3 is 0 Å². The molecule has 0 saturated heterocycles. The van der Waals surface area contributed by atoms with Gasteiger partial charge in [0.2, 0.25) is 0 Å². The van der Waals surface area contributed by atoms with Crippen LogP contribution in [0.15, 0.2) is 250 Å². The molecule has 5 heterocycles. The van der Waals surface area contributed by atoms with Crippen LogP contribution in [-0.2, 0) is 0 Å². The Morgan fingerprint density at radius 3 is 1.69 bits per heavy atom. The first-order chi connectivity index (χ1) is 35.7. The molecule has 1 aliphatic rings. The lowest BCUT2D eigenvalue weighted by Gasteiger charge is -2.40. The van der Waals surface area contributed by atoms with Crippen LogP contribution in [0.4, 0.5) is 0 Å². The highest BCUT2D eigenvalue weighted by Crippen LogP contribution is 2.42. The second-order valence-electron chi connectivity index (χ2n) is 19.1. The van der Waals surface area contributed by atoms with E-state index >= 15 is 0 Å².